The summed E-state index contributed by atoms with van der Waals surface area (Å²) in [7, 11) is 0. The number of fused-ring (bicyclic) bond motifs is 1. The van der Waals surface area contributed by atoms with Gasteiger partial charge in [0, 0.05) is 25.2 Å². The van der Waals surface area contributed by atoms with Crippen molar-refractivity contribution in [1.29, 1.82) is 0 Å². The largest absolute Gasteiger partial charge is 0.471 e. The van der Waals surface area contributed by atoms with Crippen LogP contribution < -0.4 is 0 Å². The standard InChI is InChI=1S/C12H11F3N2O3.CHCl3/c13-12(14,15)11(18)16-5-3-8-1-2-10(17(19)20)7-9(8)4-6-16;2-1(3)4/h1-2,7H,3-6H2;1H. The molecule has 134 valence electrons. The third-order valence-electron chi connectivity index (χ3n) is 3.23. The van der Waals surface area contributed by atoms with Crippen molar-refractivity contribution in [2.45, 2.75) is 23.3 Å². The highest BCUT2D eigenvalue weighted by molar-refractivity contribution is 6.63. The Morgan fingerprint density at radius 2 is 1.67 bits per heavy atom. The van der Waals surface area contributed by atoms with E-state index in [1.807, 2.05) is 0 Å². The molecule has 24 heavy (non-hydrogen) atoms. The minimum absolute atomic E-state index is 0.0385. The Bertz CT molecular complexity index is 609. The summed E-state index contributed by atoms with van der Waals surface area (Å²) >= 11 is 14.4. The van der Waals surface area contributed by atoms with Crippen LogP contribution in [0.3, 0.4) is 0 Å². The number of rotatable bonds is 1. The Morgan fingerprint density at radius 3 is 2.12 bits per heavy atom. The number of alkyl halides is 6. The summed E-state index contributed by atoms with van der Waals surface area (Å²) in [6.07, 6.45) is -4.45. The van der Waals surface area contributed by atoms with Gasteiger partial charge in [-0.15, -0.1) is 0 Å². The normalized spacial score (nSPS) is 14.4. The third kappa shape index (κ3) is 6.33. The van der Waals surface area contributed by atoms with E-state index in [9.17, 15) is 28.1 Å². The van der Waals surface area contributed by atoms with Gasteiger partial charge in [0.1, 0.15) is 0 Å². The van der Waals surface area contributed by atoms with Crippen LogP contribution in [0.4, 0.5) is 18.9 Å². The molecule has 1 aliphatic heterocycles. The highest BCUT2D eigenvalue weighted by Crippen LogP contribution is 2.24. The summed E-state index contributed by atoms with van der Waals surface area (Å²) in [5.41, 5.74) is 1.27. The molecule has 0 bridgehead atoms. The number of non-ortho nitro benzene ring substituents is 1. The number of hydrogen-bond acceptors (Lipinski definition) is 3. The average Bonchev–Trinajstić information content (AvgIpc) is 2.66. The van der Waals surface area contributed by atoms with Crippen molar-refractivity contribution >= 4 is 46.4 Å². The molecule has 2 rings (SSSR count). The maximum Gasteiger partial charge on any atom is 0.471 e. The average molecular weight is 408 g/mol. The molecule has 0 atom stereocenters. The van der Waals surface area contributed by atoms with Gasteiger partial charge in [-0.1, -0.05) is 40.9 Å². The first kappa shape index (κ1) is 20.8. The number of nitro groups is 1. The first-order chi connectivity index (χ1) is 11.0. The fourth-order valence-corrected chi connectivity index (χ4v) is 2.21. The molecule has 0 spiro atoms. The van der Waals surface area contributed by atoms with E-state index in [0.29, 0.717) is 5.56 Å². The number of amides is 1. The summed E-state index contributed by atoms with van der Waals surface area (Å²) in [6, 6.07) is 4.21. The van der Waals surface area contributed by atoms with Gasteiger partial charge in [0.2, 0.25) is 0 Å². The van der Waals surface area contributed by atoms with Crippen molar-refractivity contribution in [3.05, 3.63) is 39.4 Å². The molecule has 0 radical (unpaired) electrons. The highest BCUT2D eigenvalue weighted by atomic mass is 35.6. The number of hydrogen-bond donors (Lipinski definition) is 0. The van der Waals surface area contributed by atoms with Crippen LogP contribution in [0.2, 0.25) is 0 Å². The number of nitrogens with zero attached hydrogens (tertiary/aromatic N) is 2. The lowest BCUT2D eigenvalue weighted by atomic mass is 10.0. The Labute approximate surface area is 150 Å². The summed E-state index contributed by atoms with van der Waals surface area (Å²) in [6.45, 7) is -0.129. The fraction of sp³-hybridized carbons (Fsp3) is 0.462. The second-order valence-electron chi connectivity index (χ2n) is 4.75. The molecule has 1 aliphatic rings. The zero-order valence-corrected chi connectivity index (χ0v) is 14.3. The molecule has 0 unspecified atom stereocenters. The number of carbonyl (C=O) groups is 1. The van der Waals surface area contributed by atoms with Crippen LogP contribution in [0.5, 0.6) is 0 Å². The molecular formula is C13H12Cl3F3N2O3. The van der Waals surface area contributed by atoms with Gasteiger partial charge in [-0.3, -0.25) is 14.9 Å². The highest BCUT2D eigenvalue weighted by Gasteiger charge is 2.42. The maximum atomic E-state index is 12.4. The van der Waals surface area contributed by atoms with Crippen LogP contribution in [0.25, 0.3) is 0 Å². The quantitative estimate of drug-likeness (QED) is 0.400. The third-order valence-corrected chi connectivity index (χ3v) is 3.23. The van der Waals surface area contributed by atoms with E-state index >= 15 is 0 Å². The maximum absolute atomic E-state index is 12.4. The molecule has 0 aliphatic carbocycles. The zero-order valence-electron chi connectivity index (χ0n) is 12.0. The molecule has 1 aromatic carbocycles. The Hall–Kier alpha value is -1.25. The topological polar surface area (TPSA) is 63.5 Å². The van der Waals surface area contributed by atoms with Crippen molar-refractivity contribution in [2.75, 3.05) is 13.1 Å². The lowest BCUT2D eigenvalue weighted by Gasteiger charge is -2.21. The van der Waals surface area contributed by atoms with Crippen molar-refractivity contribution in [3.8, 4) is 0 Å². The molecule has 0 saturated heterocycles. The Morgan fingerprint density at radius 1 is 1.17 bits per heavy atom. The molecular weight excluding hydrogens is 396 g/mol. The van der Waals surface area contributed by atoms with Crippen molar-refractivity contribution in [1.82, 2.24) is 4.90 Å². The van der Waals surface area contributed by atoms with E-state index in [-0.39, 0.29) is 31.6 Å². The van der Waals surface area contributed by atoms with Gasteiger partial charge < -0.3 is 4.90 Å². The second kappa shape index (κ2) is 8.73. The van der Waals surface area contributed by atoms with Crippen molar-refractivity contribution < 1.29 is 22.9 Å². The first-order valence-corrected chi connectivity index (χ1v) is 7.87. The molecule has 0 saturated carbocycles. The lowest BCUT2D eigenvalue weighted by Crippen LogP contribution is -2.42. The Balaban J connectivity index is 0.000000648. The molecule has 5 nitrogen and oxygen atoms in total. The SMILES string of the molecule is ClC(Cl)Cl.O=C(N1CCc2ccc([N+](=O)[O-])cc2CC1)C(F)(F)F. The predicted molar refractivity (Wildman–Crippen MR) is 84.5 cm³/mol. The van der Waals surface area contributed by atoms with Gasteiger partial charge in [-0.25, -0.2) is 0 Å². The predicted octanol–water partition coefficient (Wildman–Crippen LogP) is 4.07. The van der Waals surface area contributed by atoms with Crippen molar-refractivity contribution in [3.63, 3.8) is 0 Å². The lowest BCUT2D eigenvalue weighted by molar-refractivity contribution is -0.384. The summed E-state index contributed by atoms with van der Waals surface area (Å²) < 4.78 is 36.4. The zero-order chi connectivity index (χ0) is 18.5. The van der Waals surface area contributed by atoms with Crippen LogP contribution in [-0.4, -0.2) is 39.3 Å². The summed E-state index contributed by atoms with van der Waals surface area (Å²) in [4.78, 5) is 22.1. The van der Waals surface area contributed by atoms with E-state index in [1.54, 1.807) is 0 Å². The van der Waals surface area contributed by atoms with E-state index in [4.69, 9.17) is 34.8 Å². The molecule has 0 aromatic heterocycles. The van der Waals surface area contributed by atoms with Gasteiger partial charge >= 0.3 is 12.1 Å². The van der Waals surface area contributed by atoms with Crippen LogP contribution in [0.15, 0.2) is 18.2 Å². The smallest absolute Gasteiger partial charge is 0.334 e. The summed E-state index contributed by atoms with van der Waals surface area (Å²) in [5, 5.41) is 10.7. The molecule has 1 aromatic rings. The Kier molecular flexibility index (Phi) is 7.56. The van der Waals surface area contributed by atoms with E-state index in [2.05, 4.69) is 0 Å². The number of benzene rings is 1. The minimum Gasteiger partial charge on any atom is -0.334 e. The van der Waals surface area contributed by atoms with E-state index < -0.39 is 21.3 Å². The molecule has 0 fully saturated rings. The van der Waals surface area contributed by atoms with Crippen LogP contribution in [-0.2, 0) is 17.6 Å². The van der Waals surface area contributed by atoms with E-state index in [1.165, 1.54) is 18.2 Å². The van der Waals surface area contributed by atoms with Gasteiger partial charge in [0.25, 0.3) is 5.69 Å². The molecule has 1 heterocycles. The number of halogens is 6. The second-order valence-corrected chi connectivity index (χ2v) is 6.73. The minimum atomic E-state index is -4.89. The van der Waals surface area contributed by atoms with Crippen LogP contribution in [0.1, 0.15) is 11.1 Å². The fourth-order valence-electron chi connectivity index (χ4n) is 2.21. The van der Waals surface area contributed by atoms with Crippen LogP contribution >= 0.6 is 34.8 Å². The number of carbonyl (C=O) groups excluding carboxylic acids is 1. The van der Waals surface area contributed by atoms with E-state index in [0.717, 1.165) is 10.5 Å². The van der Waals surface area contributed by atoms with Gasteiger partial charge in [-0.05, 0) is 24.0 Å². The van der Waals surface area contributed by atoms with Gasteiger partial charge in [0.15, 0.2) is 4.30 Å². The molecule has 0 N–H and O–H groups in total. The van der Waals surface area contributed by atoms with Gasteiger partial charge in [-0.2, -0.15) is 13.2 Å². The first-order valence-electron chi connectivity index (χ1n) is 6.57. The summed E-state index contributed by atoms with van der Waals surface area (Å²) in [5.74, 6) is -1.86. The van der Waals surface area contributed by atoms with Gasteiger partial charge in [0.05, 0.1) is 4.92 Å². The van der Waals surface area contributed by atoms with Crippen LogP contribution in [0, 0.1) is 10.1 Å². The number of nitro benzene ring substituents is 1. The molecule has 1 amide bonds. The van der Waals surface area contributed by atoms with Crippen molar-refractivity contribution in [2.24, 2.45) is 0 Å². The molecule has 11 heteroatoms. The monoisotopic (exact) mass is 406 g/mol.